The number of aliphatic hydroxyl groups is 2. The molecule has 0 saturated heterocycles. The minimum atomic E-state index is -0.948. The predicted octanol–water partition coefficient (Wildman–Crippen LogP) is 3.66. The van der Waals surface area contributed by atoms with Crippen molar-refractivity contribution in [2.75, 3.05) is 0 Å². The van der Waals surface area contributed by atoms with Gasteiger partial charge in [-0.3, -0.25) is 9.59 Å². The molecule has 4 aliphatic carbocycles. The lowest BCUT2D eigenvalue weighted by Crippen LogP contribution is -2.63. The van der Waals surface area contributed by atoms with Gasteiger partial charge >= 0.3 is 5.97 Å². The molecule has 29 heavy (non-hydrogen) atoms. The number of ketones is 1. The lowest BCUT2D eigenvalue weighted by Gasteiger charge is -2.61. The lowest BCUT2D eigenvalue weighted by molar-refractivity contribution is -0.186. The summed E-state index contributed by atoms with van der Waals surface area (Å²) < 4.78 is 0. The van der Waals surface area contributed by atoms with Crippen molar-refractivity contribution in [3.05, 3.63) is 0 Å². The molecule has 4 saturated carbocycles. The van der Waals surface area contributed by atoms with Gasteiger partial charge < -0.3 is 15.3 Å². The van der Waals surface area contributed by atoms with Gasteiger partial charge in [0.15, 0.2) is 5.78 Å². The summed E-state index contributed by atoms with van der Waals surface area (Å²) in [5.74, 6) is 0.598. The van der Waals surface area contributed by atoms with Crippen molar-refractivity contribution in [3.8, 4) is 0 Å². The van der Waals surface area contributed by atoms with Gasteiger partial charge in [0.1, 0.15) is 6.10 Å². The molecule has 164 valence electrons. The van der Waals surface area contributed by atoms with E-state index < -0.39 is 17.5 Å². The molecule has 4 fully saturated rings. The average molecular weight is 407 g/mol. The lowest BCUT2D eigenvalue weighted by atomic mass is 9.43. The van der Waals surface area contributed by atoms with E-state index in [1.807, 2.05) is 0 Å². The third kappa shape index (κ3) is 3.10. The fourth-order valence-electron chi connectivity index (χ4n) is 8.54. The summed E-state index contributed by atoms with van der Waals surface area (Å²) in [5, 5.41) is 30.6. The average Bonchev–Trinajstić information content (AvgIpc) is 3.02. The highest BCUT2D eigenvalue weighted by molar-refractivity contribution is 5.88. The summed E-state index contributed by atoms with van der Waals surface area (Å²) in [7, 11) is 0. The van der Waals surface area contributed by atoms with Crippen LogP contribution >= 0.6 is 0 Å². The molecule has 0 amide bonds. The fraction of sp³-hybridized carbons (Fsp3) is 0.917. The van der Waals surface area contributed by atoms with Crippen LogP contribution in [0.2, 0.25) is 0 Å². The van der Waals surface area contributed by atoms with E-state index in [1.165, 1.54) is 0 Å². The van der Waals surface area contributed by atoms with Gasteiger partial charge in [0, 0.05) is 17.8 Å². The van der Waals surface area contributed by atoms with Crippen LogP contribution in [0.15, 0.2) is 0 Å². The zero-order valence-corrected chi connectivity index (χ0v) is 18.1. The SMILES string of the molecule is CC(CCC(=O)O)C1CCC2C3CCC4CC(O)CCC4(C)C3C(=O)C(O)C12C. The molecule has 5 nitrogen and oxygen atoms in total. The van der Waals surface area contributed by atoms with Gasteiger partial charge in [0.2, 0.25) is 0 Å². The molecule has 5 heteroatoms. The molecular formula is C24H38O5. The van der Waals surface area contributed by atoms with Gasteiger partial charge in [-0.2, -0.15) is 0 Å². The van der Waals surface area contributed by atoms with E-state index >= 15 is 0 Å². The number of carboxylic acid groups (broad SMARTS) is 1. The van der Waals surface area contributed by atoms with Crippen LogP contribution in [0, 0.1) is 46.3 Å². The van der Waals surface area contributed by atoms with E-state index in [-0.39, 0.29) is 41.5 Å². The second kappa shape index (κ2) is 7.33. The largest absolute Gasteiger partial charge is 0.481 e. The topological polar surface area (TPSA) is 94.8 Å². The van der Waals surface area contributed by atoms with Crippen molar-refractivity contribution in [1.82, 2.24) is 0 Å². The number of carbonyl (C=O) groups is 2. The van der Waals surface area contributed by atoms with Crippen LogP contribution in [0.5, 0.6) is 0 Å². The van der Waals surface area contributed by atoms with E-state index in [0.29, 0.717) is 24.2 Å². The van der Waals surface area contributed by atoms with Crippen LogP contribution < -0.4 is 0 Å². The normalized spacial score (nSPS) is 50.4. The Hall–Kier alpha value is -0.940. The second-order valence-electron chi connectivity index (χ2n) is 11.2. The third-order valence-corrected chi connectivity index (χ3v) is 10.1. The number of carbonyl (C=O) groups excluding carboxylic acids is 1. The first-order valence-corrected chi connectivity index (χ1v) is 11.7. The number of aliphatic carboxylic acids is 1. The van der Waals surface area contributed by atoms with Gasteiger partial charge in [-0.1, -0.05) is 20.8 Å². The quantitative estimate of drug-likeness (QED) is 0.662. The minimum Gasteiger partial charge on any atom is -0.481 e. The number of carboxylic acids is 1. The molecule has 0 bridgehead atoms. The monoisotopic (exact) mass is 406 g/mol. The molecule has 0 aromatic rings. The highest BCUT2D eigenvalue weighted by Gasteiger charge is 2.67. The highest BCUT2D eigenvalue weighted by atomic mass is 16.4. The van der Waals surface area contributed by atoms with Gasteiger partial charge in [-0.25, -0.2) is 0 Å². The molecule has 3 N–H and O–H groups in total. The summed E-state index contributed by atoms with van der Waals surface area (Å²) in [4.78, 5) is 24.7. The van der Waals surface area contributed by atoms with E-state index in [2.05, 4.69) is 20.8 Å². The Morgan fingerprint density at radius 1 is 1.14 bits per heavy atom. The van der Waals surface area contributed by atoms with E-state index in [1.54, 1.807) is 0 Å². The molecular weight excluding hydrogens is 368 g/mol. The van der Waals surface area contributed by atoms with E-state index in [0.717, 1.165) is 44.9 Å². The third-order valence-electron chi connectivity index (χ3n) is 10.1. The van der Waals surface area contributed by atoms with Crippen molar-refractivity contribution in [2.24, 2.45) is 46.3 Å². The molecule has 4 rings (SSSR count). The number of Topliss-reactive ketones (excluding diaryl/α,β-unsaturated/α-hetero) is 1. The van der Waals surface area contributed by atoms with Crippen LogP contribution in [-0.4, -0.2) is 39.3 Å². The maximum Gasteiger partial charge on any atom is 0.303 e. The zero-order chi connectivity index (χ0) is 21.1. The Kier molecular flexibility index (Phi) is 5.39. The van der Waals surface area contributed by atoms with E-state index in [9.17, 15) is 19.8 Å². The number of fused-ring (bicyclic) bond motifs is 5. The van der Waals surface area contributed by atoms with Crippen molar-refractivity contribution in [2.45, 2.75) is 90.8 Å². The van der Waals surface area contributed by atoms with E-state index in [4.69, 9.17) is 5.11 Å². The minimum absolute atomic E-state index is 0.0367. The standard InChI is InChI=1S/C24H38O5/c1-13(4-9-19(26)27)17-7-8-18-16-6-5-14-12-15(25)10-11-23(14,2)20(16)21(28)22(29)24(17,18)3/h13-18,20,22,25,29H,4-12H2,1-3H3,(H,26,27). The maximum absolute atomic E-state index is 13.7. The fourth-order valence-corrected chi connectivity index (χ4v) is 8.54. The van der Waals surface area contributed by atoms with Gasteiger partial charge in [-0.05, 0) is 86.4 Å². The molecule has 0 spiro atoms. The Bertz CT molecular complexity index is 676. The number of hydrogen-bond acceptors (Lipinski definition) is 4. The van der Waals surface area contributed by atoms with Crippen LogP contribution in [-0.2, 0) is 9.59 Å². The van der Waals surface area contributed by atoms with Crippen molar-refractivity contribution in [3.63, 3.8) is 0 Å². The smallest absolute Gasteiger partial charge is 0.303 e. The summed E-state index contributed by atoms with van der Waals surface area (Å²) in [6.45, 7) is 6.46. The second-order valence-corrected chi connectivity index (χ2v) is 11.2. The number of rotatable bonds is 4. The highest BCUT2D eigenvalue weighted by Crippen LogP contribution is 2.67. The Balaban J connectivity index is 1.63. The van der Waals surface area contributed by atoms with Gasteiger partial charge in [0.25, 0.3) is 0 Å². The summed E-state index contributed by atoms with van der Waals surface area (Å²) in [5.41, 5.74) is -0.540. The summed E-state index contributed by atoms with van der Waals surface area (Å²) in [6, 6.07) is 0. The van der Waals surface area contributed by atoms with Crippen LogP contribution in [0.25, 0.3) is 0 Å². The molecule has 4 aliphatic rings. The molecule has 0 aromatic carbocycles. The first-order chi connectivity index (χ1) is 13.6. The molecule has 10 atom stereocenters. The van der Waals surface area contributed by atoms with Crippen molar-refractivity contribution in [1.29, 1.82) is 0 Å². The Morgan fingerprint density at radius 3 is 2.55 bits per heavy atom. The molecule has 0 aromatic heterocycles. The predicted molar refractivity (Wildman–Crippen MR) is 109 cm³/mol. The molecule has 0 heterocycles. The molecule has 0 radical (unpaired) electrons. The van der Waals surface area contributed by atoms with Crippen LogP contribution in [0.1, 0.15) is 78.6 Å². The first kappa shape index (κ1) is 21.3. The number of aliphatic hydroxyl groups excluding tert-OH is 2. The summed E-state index contributed by atoms with van der Waals surface area (Å²) >= 11 is 0. The van der Waals surface area contributed by atoms with Gasteiger partial charge in [-0.15, -0.1) is 0 Å². The van der Waals surface area contributed by atoms with Crippen molar-refractivity contribution >= 4 is 11.8 Å². The Labute approximate surface area is 174 Å². The van der Waals surface area contributed by atoms with Crippen molar-refractivity contribution < 1.29 is 24.9 Å². The number of hydrogen-bond donors (Lipinski definition) is 3. The molecule has 10 unspecified atom stereocenters. The molecule has 0 aliphatic heterocycles. The Morgan fingerprint density at radius 2 is 1.86 bits per heavy atom. The maximum atomic E-state index is 13.7. The zero-order valence-electron chi connectivity index (χ0n) is 18.1. The van der Waals surface area contributed by atoms with Gasteiger partial charge in [0.05, 0.1) is 6.10 Å². The van der Waals surface area contributed by atoms with Crippen LogP contribution in [0.4, 0.5) is 0 Å². The van der Waals surface area contributed by atoms with Crippen LogP contribution in [0.3, 0.4) is 0 Å². The first-order valence-electron chi connectivity index (χ1n) is 11.7. The summed E-state index contributed by atoms with van der Waals surface area (Å²) in [6.07, 6.45) is 6.10.